The number of hydrogen-bond acceptors (Lipinski definition) is 7. The molecule has 0 aromatic heterocycles. The second-order valence-electron chi connectivity index (χ2n) is 8.24. The van der Waals surface area contributed by atoms with Gasteiger partial charge in [-0.1, -0.05) is 29.9 Å². The van der Waals surface area contributed by atoms with Crippen molar-refractivity contribution in [3.63, 3.8) is 0 Å². The van der Waals surface area contributed by atoms with E-state index in [4.69, 9.17) is 18.9 Å². The van der Waals surface area contributed by atoms with Crippen molar-refractivity contribution in [3.8, 4) is 11.5 Å². The lowest BCUT2D eigenvalue weighted by Gasteiger charge is -2.40. The van der Waals surface area contributed by atoms with Crippen LogP contribution in [-0.4, -0.2) is 43.1 Å². The number of carbonyl (C=O) groups excluding carboxylic acids is 2. The first-order valence-electron chi connectivity index (χ1n) is 10.0. The van der Waals surface area contributed by atoms with Gasteiger partial charge in [0.15, 0.2) is 24.4 Å². The quantitative estimate of drug-likeness (QED) is 0.231. The van der Waals surface area contributed by atoms with E-state index in [9.17, 15) is 9.59 Å². The van der Waals surface area contributed by atoms with Gasteiger partial charge in [-0.2, -0.15) is 0 Å². The Kier molecular flexibility index (Phi) is 6.38. The van der Waals surface area contributed by atoms with Crippen LogP contribution >= 0.6 is 0 Å². The highest BCUT2D eigenvalue weighted by atomic mass is 16.8. The predicted octanol–water partition coefficient (Wildman–Crippen LogP) is 3.97. The van der Waals surface area contributed by atoms with Gasteiger partial charge in [0.1, 0.15) is 5.60 Å². The van der Waals surface area contributed by atoms with E-state index < -0.39 is 29.4 Å². The summed E-state index contributed by atoms with van der Waals surface area (Å²) in [5.74, 6) is -1.50. The van der Waals surface area contributed by atoms with Crippen molar-refractivity contribution in [2.45, 2.75) is 52.3 Å². The third-order valence-corrected chi connectivity index (χ3v) is 5.13. The van der Waals surface area contributed by atoms with E-state index in [0.29, 0.717) is 11.5 Å². The third-order valence-electron chi connectivity index (χ3n) is 5.13. The number of allylic oxidation sites excluding steroid dienone is 3. The Morgan fingerprint density at radius 2 is 1.87 bits per heavy atom. The number of rotatable bonds is 5. The van der Waals surface area contributed by atoms with Gasteiger partial charge >= 0.3 is 5.97 Å². The number of ketones is 1. The van der Waals surface area contributed by atoms with Gasteiger partial charge in [0.05, 0.1) is 7.11 Å². The minimum Gasteiger partial charge on any atom is -0.483 e. The highest BCUT2D eigenvalue weighted by Crippen LogP contribution is 2.46. The monoisotopic (exact) mass is 428 g/mol. The number of methoxy groups -OCH3 is 1. The number of ether oxygens (including phenoxy) is 5. The van der Waals surface area contributed by atoms with Crippen molar-refractivity contribution in [2.24, 2.45) is 0 Å². The molecule has 1 fully saturated rings. The average molecular weight is 428 g/mol. The predicted molar refractivity (Wildman–Crippen MR) is 115 cm³/mol. The molecule has 0 bridgehead atoms. The van der Waals surface area contributed by atoms with Crippen molar-refractivity contribution in [3.05, 3.63) is 53.1 Å². The van der Waals surface area contributed by atoms with Crippen LogP contribution in [0.15, 0.2) is 47.6 Å². The highest BCUT2D eigenvalue weighted by Gasteiger charge is 2.60. The van der Waals surface area contributed by atoms with Gasteiger partial charge in [0.2, 0.25) is 0 Å². The molecule has 2 atom stereocenters. The Hall–Kier alpha value is -2.90. The minimum absolute atomic E-state index is 0.201. The molecule has 2 heterocycles. The Labute approximate surface area is 182 Å². The fraction of sp³-hybridized carbons (Fsp3) is 0.417. The summed E-state index contributed by atoms with van der Waals surface area (Å²) in [5, 5.41) is 0. The van der Waals surface area contributed by atoms with Crippen molar-refractivity contribution in [2.75, 3.05) is 13.7 Å². The second kappa shape index (κ2) is 8.69. The summed E-state index contributed by atoms with van der Waals surface area (Å²) < 4.78 is 28.8. The molecule has 1 aromatic rings. The normalized spacial score (nSPS) is 24.3. The van der Waals surface area contributed by atoms with E-state index in [0.717, 1.165) is 11.1 Å². The van der Waals surface area contributed by atoms with E-state index in [2.05, 4.69) is 4.74 Å². The molecule has 2 aliphatic heterocycles. The van der Waals surface area contributed by atoms with Crippen LogP contribution in [0.25, 0.3) is 6.08 Å². The number of hydrogen-bond donors (Lipinski definition) is 0. The fourth-order valence-corrected chi connectivity index (χ4v) is 3.27. The van der Waals surface area contributed by atoms with Crippen molar-refractivity contribution in [1.82, 2.24) is 0 Å². The Morgan fingerprint density at radius 3 is 2.55 bits per heavy atom. The largest absolute Gasteiger partial charge is 0.483 e. The first kappa shape index (κ1) is 22.8. The Morgan fingerprint density at radius 1 is 1.13 bits per heavy atom. The molecule has 0 N–H and O–H groups in total. The summed E-state index contributed by atoms with van der Waals surface area (Å²) in [7, 11) is 1.17. The van der Waals surface area contributed by atoms with Crippen LogP contribution in [0.4, 0.5) is 0 Å². The van der Waals surface area contributed by atoms with Crippen LogP contribution in [-0.2, 0) is 23.8 Å². The van der Waals surface area contributed by atoms with E-state index in [1.54, 1.807) is 25.2 Å². The van der Waals surface area contributed by atoms with Crippen LogP contribution in [0.5, 0.6) is 11.5 Å². The highest BCUT2D eigenvalue weighted by molar-refractivity contribution is 6.40. The average Bonchev–Trinajstić information content (AvgIpc) is 2.94. The standard InChI is InChI=1S/C24H28O7/c1-15(2)12-20-30-23(4,5)24(31-20)14-28-18-11-10-17(13-19(18)29-24)9-7-8-16(3)21(25)22(26)27-6/h7-13,20H,14H2,1-6H3/b9-7+,16-8+/t20-,24+/m1/s1. The second-order valence-corrected chi connectivity index (χ2v) is 8.24. The Bertz CT molecular complexity index is 966. The molecule has 31 heavy (non-hydrogen) atoms. The number of benzene rings is 1. The van der Waals surface area contributed by atoms with E-state index in [-0.39, 0.29) is 12.2 Å². The summed E-state index contributed by atoms with van der Waals surface area (Å²) in [4.78, 5) is 23.1. The molecule has 0 saturated carbocycles. The van der Waals surface area contributed by atoms with Gasteiger partial charge < -0.3 is 23.7 Å². The molecule has 1 spiro atoms. The van der Waals surface area contributed by atoms with Gasteiger partial charge in [-0.05, 0) is 58.4 Å². The first-order valence-corrected chi connectivity index (χ1v) is 10.0. The molecule has 0 unspecified atom stereocenters. The molecular weight excluding hydrogens is 400 g/mol. The summed E-state index contributed by atoms with van der Waals surface area (Å²) in [6.07, 6.45) is 6.41. The summed E-state index contributed by atoms with van der Waals surface area (Å²) in [6, 6.07) is 5.51. The number of esters is 1. The molecule has 0 radical (unpaired) electrons. The number of Topliss-reactive ketones (excluding diaryl/α,β-unsaturated/α-hetero) is 1. The van der Waals surface area contributed by atoms with Gasteiger partial charge in [-0.25, -0.2) is 4.79 Å². The molecule has 7 nitrogen and oxygen atoms in total. The zero-order valence-electron chi connectivity index (χ0n) is 18.7. The van der Waals surface area contributed by atoms with Crippen LogP contribution in [0.3, 0.4) is 0 Å². The minimum atomic E-state index is -1.08. The number of fused-ring (bicyclic) bond motifs is 1. The van der Waals surface area contributed by atoms with E-state index >= 15 is 0 Å². The molecular formula is C24H28O7. The molecule has 0 aliphatic carbocycles. The first-order chi connectivity index (χ1) is 14.6. The zero-order valence-corrected chi connectivity index (χ0v) is 18.7. The molecule has 7 heteroatoms. The lowest BCUT2D eigenvalue weighted by molar-refractivity contribution is -0.216. The molecule has 1 aromatic carbocycles. The summed E-state index contributed by atoms with van der Waals surface area (Å²) in [5.41, 5.74) is 1.45. The van der Waals surface area contributed by atoms with Crippen molar-refractivity contribution < 1.29 is 33.3 Å². The third kappa shape index (κ3) is 4.73. The maximum Gasteiger partial charge on any atom is 0.379 e. The Balaban J connectivity index is 1.80. The van der Waals surface area contributed by atoms with Crippen LogP contribution in [0, 0.1) is 0 Å². The van der Waals surface area contributed by atoms with Crippen molar-refractivity contribution >= 4 is 17.8 Å². The molecule has 2 aliphatic rings. The zero-order chi connectivity index (χ0) is 22.8. The molecule has 3 rings (SSSR count). The fourth-order valence-electron chi connectivity index (χ4n) is 3.27. The molecule has 0 amide bonds. The van der Waals surface area contributed by atoms with E-state index in [1.807, 2.05) is 52.0 Å². The van der Waals surface area contributed by atoms with Crippen molar-refractivity contribution in [1.29, 1.82) is 0 Å². The van der Waals surface area contributed by atoms with Gasteiger partial charge in [0.25, 0.3) is 11.6 Å². The van der Waals surface area contributed by atoms with E-state index in [1.165, 1.54) is 7.11 Å². The van der Waals surface area contributed by atoms with Gasteiger partial charge in [0, 0.05) is 5.57 Å². The lowest BCUT2D eigenvalue weighted by atomic mass is 9.97. The van der Waals surface area contributed by atoms with Crippen LogP contribution < -0.4 is 9.47 Å². The number of carbonyl (C=O) groups is 2. The lowest BCUT2D eigenvalue weighted by Crippen LogP contribution is -2.58. The maximum absolute atomic E-state index is 11.8. The van der Waals surface area contributed by atoms with Gasteiger partial charge in [-0.15, -0.1) is 0 Å². The van der Waals surface area contributed by atoms with Crippen LogP contribution in [0.2, 0.25) is 0 Å². The SMILES string of the molecule is COC(=O)C(=O)/C(C)=C/C=C/c1ccc2c(c1)O[C@@]1(CO2)O[C@H](C=C(C)C)OC1(C)C. The topological polar surface area (TPSA) is 80.3 Å². The maximum atomic E-state index is 11.8. The summed E-state index contributed by atoms with van der Waals surface area (Å²) in [6.45, 7) is 9.54. The smallest absolute Gasteiger partial charge is 0.379 e. The summed E-state index contributed by atoms with van der Waals surface area (Å²) >= 11 is 0. The molecule has 1 saturated heterocycles. The van der Waals surface area contributed by atoms with Crippen LogP contribution in [0.1, 0.15) is 40.2 Å². The molecule has 166 valence electrons. The van der Waals surface area contributed by atoms with Gasteiger partial charge in [-0.3, -0.25) is 4.79 Å².